The lowest BCUT2D eigenvalue weighted by Gasteiger charge is -2.27. The first-order valence-corrected chi connectivity index (χ1v) is 14.8. The van der Waals surface area contributed by atoms with Crippen molar-refractivity contribution in [2.75, 3.05) is 4.90 Å². The highest BCUT2D eigenvalue weighted by molar-refractivity contribution is 9.10. The van der Waals surface area contributed by atoms with E-state index in [0.717, 1.165) is 21.5 Å². The molecule has 0 aliphatic heterocycles. The van der Waals surface area contributed by atoms with Crippen molar-refractivity contribution in [1.29, 1.82) is 0 Å². The van der Waals surface area contributed by atoms with Gasteiger partial charge < -0.3 is 4.90 Å². The van der Waals surface area contributed by atoms with E-state index in [1.807, 2.05) is 0 Å². The third-order valence-electron chi connectivity index (χ3n) is 8.30. The molecule has 0 atom stereocenters. The van der Waals surface area contributed by atoms with Crippen molar-refractivity contribution in [3.05, 3.63) is 161 Å². The first-order chi connectivity index (χ1) is 20.0. The molecule has 1 nitrogen and oxygen atoms in total. The van der Waals surface area contributed by atoms with Gasteiger partial charge >= 0.3 is 0 Å². The zero-order valence-corrected chi connectivity index (χ0v) is 24.8. The molecule has 0 fully saturated rings. The van der Waals surface area contributed by atoms with Gasteiger partial charge in [0.25, 0.3) is 0 Å². The lowest BCUT2D eigenvalue weighted by Crippen LogP contribution is -2.14. The predicted octanol–water partition coefficient (Wildman–Crippen LogP) is 11.6. The zero-order valence-electron chi connectivity index (χ0n) is 23.2. The van der Waals surface area contributed by atoms with Gasteiger partial charge in [0.15, 0.2) is 0 Å². The smallest absolute Gasteiger partial charge is 0.0479 e. The summed E-state index contributed by atoms with van der Waals surface area (Å²) in [6.45, 7) is 4.67. The van der Waals surface area contributed by atoms with Crippen LogP contribution in [0.3, 0.4) is 0 Å². The highest BCUT2D eigenvalue weighted by Gasteiger charge is 2.35. The van der Waals surface area contributed by atoms with Gasteiger partial charge in [0.05, 0.1) is 0 Å². The fraction of sp³-hybridized carbons (Fsp3) is 0.0769. The Morgan fingerprint density at radius 3 is 1.78 bits per heavy atom. The van der Waals surface area contributed by atoms with E-state index >= 15 is 0 Å². The number of para-hydroxylation sites is 1. The van der Waals surface area contributed by atoms with Crippen LogP contribution in [0.4, 0.5) is 17.1 Å². The van der Waals surface area contributed by atoms with Crippen LogP contribution < -0.4 is 4.90 Å². The molecule has 0 radical (unpaired) electrons. The standard InChI is InChI=1S/C39H30BrN/c1-39(2)37-16-10-9-15-35(37)36-22-19-29(25-38(36)39)30-23-31(40)26-34(24-30)41(32-13-7-4-8-14-32)33-20-17-28(18-21-33)27-11-5-3-6-12-27/h3-26H,1-2H3. The first kappa shape index (κ1) is 25.6. The van der Waals surface area contributed by atoms with Gasteiger partial charge in [0, 0.05) is 26.9 Å². The Hall–Kier alpha value is -4.40. The van der Waals surface area contributed by atoms with Crippen LogP contribution in [-0.2, 0) is 5.41 Å². The number of rotatable bonds is 5. The minimum atomic E-state index is -0.0344. The van der Waals surface area contributed by atoms with E-state index in [2.05, 4.69) is 180 Å². The summed E-state index contributed by atoms with van der Waals surface area (Å²) in [7, 11) is 0. The third-order valence-corrected chi connectivity index (χ3v) is 8.76. The minimum Gasteiger partial charge on any atom is -0.310 e. The van der Waals surface area contributed by atoms with Gasteiger partial charge in [0.2, 0.25) is 0 Å². The molecule has 0 unspecified atom stereocenters. The highest BCUT2D eigenvalue weighted by atomic mass is 79.9. The molecule has 0 spiro atoms. The Morgan fingerprint density at radius 2 is 1.02 bits per heavy atom. The van der Waals surface area contributed by atoms with Gasteiger partial charge in [-0.2, -0.15) is 0 Å². The SMILES string of the molecule is CC1(C)c2ccccc2-c2ccc(-c3cc(Br)cc(N(c4ccccc4)c4ccc(-c5ccccc5)cc4)c3)cc21. The second kappa shape index (κ2) is 10.2. The molecule has 6 aromatic carbocycles. The number of hydrogen-bond acceptors (Lipinski definition) is 1. The quantitative estimate of drug-likeness (QED) is 0.193. The van der Waals surface area contributed by atoms with Crippen molar-refractivity contribution in [3.63, 3.8) is 0 Å². The van der Waals surface area contributed by atoms with Crippen LogP contribution in [0.15, 0.2) is 150 Å². The lowest BCUT2D eigenvalue weighted by molar-refractivity contribution is 0.660. The fourth-order valence-corrected chi connectivity index (χ4v) is 6.69. The average molecular weight is 593 g/mol. The minimum absolute atomic E-state index is 0.0344. The van der Waals surface area contributed by atoms with Crippen molar-refractivity contribution in [3.8, 4) is 33.4 Å². The maximum atomic E-state index is 3.85. The van der Waals surface area contributed by atoms with Crippen LogP contribution in [0.2, 0.25) is 0 Å². The van der Waals surface area contributed by atoms with Gasteiger partial charge in [-0.05, 0) is 93.0 Å². The maximum absolute atomic E-state index is 3.85. The van der Waals surface area contributed by atoms with Crippen LogP contribution >= 0.6 is 15.9 Å². The maximum Gasteiger partial charge on any atom is 0.0479 e. The second-order valence-corrected chi connectivity index (χ2v) is 12.1. The van der Waals surface area contributed by atoms with Crippen LogP contribution in [0, 0.1) is 0 Å². The first-order valence-electron chi connectivity index (χ1n) is 14.0. The number of anilines is 3. The number of benzene rings is 6. The Kier molecular flexibility index (Phi) is 6.37. The van der Waals surface area contributed by atoms with Crippen LogP contribution in [-0.4, -0.2) is 0 Å². The van der Waals surface area contributed by atoms with Crippen LogP contribution in [0.25, 0.3) is 33.4 Å². The highest BCUT2D eigenvalue weighted by Crippen LogP contribution is 2.50. The molecule has 6 aromatic rings. The molecule has 2 heteroatoms. The summed E-state index contributed by atoms with van der Waals surface area (Å²) in [5.41, 5.74) is 13.6. The molecule has 1 aliphatic carbocycles. The second-order valence-electron chi connectivity index (χ2n) is 11.2. The van der Waals surface area contributed by atoms with E-state index in [4.69, 9.17) is 0 Å². The van der Waals surface area contributed by atoms with Crippen LogP contribution in [0.1, 0.15) is 25.0 Å². The molecule has 41 heavy (non-hydrogen) atoms. The summed E-state index contributed by atoms with van der Waals surface area (Å²) in [4.78, 5) is 2.33. The summed E-state index contributed by atoms with van der Waals surface area (Å²) >= 11 is 3.85. The molecule has 0 amide bonds. The van der Waals surface area contributed by atoms with Crippen molar-refractivity contribution < 1.29 is 0 Å². The van der Waals surface area contributed by atoms with Gasteiger partial charge in [0.1, 0.15) is 0 Å². The molecular formula is C39H30BrN. The van der Waals surface area contributed by atoms with E-state index in [0.29, 0.717) is 0 Å². The third kappa shape index (κ3) is 4.59. The predicted molar refractivity (Wildman–Crippen MR) is 177 cm³/mol. The van der Waals surface area contributed by atoms with Gasteiger partial charge in [-0.15, -0.1) is 0 Å². The largest absolute Gasteiger partial charge is 0.310 e. The fourth-order valence-electron chi connectivity index (χ4n) is 6.21. The number of fused-ring (bicyclic) bond motifs is 3. The Morgan fingerprint density at radius 1 is 0.439 bits per heavy atom. The topological polar surface area (TPSA) is 3.24 Å². The lowest BCUT2D eigenvalue weighted by atomic mass is 9.81. The van der Waals surface area contributed by atoms with E-state index in [9.17, 15) is 0 Å². The van der Waals surface area contributed by atoms with Crippen LogP contribution in [0.5, 0.6) is 0 Å². The van der Waals surface area contributed by atoms with Gasteiger partial charge in [-0.25, -0.2) is 0 Å². The summed E-state index contributed by atoms with van der Waals surface area (Å²) in [5.74, 6) is 0. The molecule has 0 bridgehead atoms. The van der Waals surface area contributed by atoms with Crippen molar-refractivity contribution >= 4 is 33.0 Å². The van der Waals surface area contributed by atoms with Gasteiger partial charge in [-0.3, -0.25) is 0 Å². The molecule has 1 aliphatic rings. The average Bonchev–Trinajstić information content (AvgIpc) is 3.24. The molecule has 0 heterocycles. The normalized spacial score (nSPS) is 13.0. The summed E-state index contributed by atoms with van der Waals surface area (Å²) in [6, 6.07) is 52.5. The molecule has 0 aromatic heterocycles. The van der Waals surface area contributed by atoms with E-state index in [1.54, 1.807) is 0 Å². The van der Waals surface area contributed by atoms with E-state index < -0.39 is 0 Å². The van der Waals surface area contributed by atoms with Crippen molar-refractivity contribution in [2.45, 2.75) is 19.3 Å². The Balaban J connectivity index is 1.32. The molecule has 0 saturated carbocycles. The molecule has 0 N–H and O–H groups in total. The number of halogens is 1. The molecule has 0 saturated heterocycles. The summed E-state index contributed by atoms with van der Waals surface area (Å²) in [5, 5.41) is 0. The molecular weight excluding hydrogens is 562 g/mol. The summed E-state index contributed by atoms with van der Waals surface area (Å²) < 4.78 is 1.05. The summed E-state index contributed by atoms with van der Waals surface area (Å²) in [6.07, 6.45) is 0. The Bertz CT molecular complexity index is 1850. The van der Waals surface area contributed by atoms with Crippen molar-refractivity contribution in [2.24, 2.45) is 0 Å². The zero-order chi connectivity index (χ0) is 28.0. The van der Waals surface area contributed by atoms with Crippen molar-refractivity contribution in [1.82, 2.24) is 0 Å². The Labute approximate surface area is 250 Å². The number of nitrogens with zero attached hydrogens (tertiary/aromatic N) is 1. The van der Waals surface area contributed by atoms with E-state index in [1.165, 1.54) is 44.5 Å². The number of hydrogen-bond donors (Lipinski definition) is 0. The molecule has 198 valence electrons. The van der Waals surface area contributed by atoms with E-state index in [-0.39, 0.29) is 5.41 Å². The monoisotopic (exact) mass is 591 g/mol. The van der Waals surface area contributed by atoms with Gasteiger partial charge in [-0.1, -0.05) is 127 Å². The molecule has 7 rings (SSSR count).